The maximum absolute atomic E-state index is 13.7. The van der Waals surface area contributed by atoms with Crippen LogP contribution in [0, 0.1) is 31.0 Å². The highest BCUT2D eigenvalue weighted by molar-refractivity contribution is 6.12. The van der Waals surface area contributed by atoms with Crippen molar-refractivity contribution in [3.8, 4) is 11.9 Å². The molecule has 1 amide bonds. The average molecular weight is 403 g/mol. The molecule has 0 saturated carbocycles. The first-order chi connectivity index (χ1) is 14.4. The van der Waals surface area contributed by atoms with Crippen LogP contribution < -0.4 is 14.5 Å². The van der Waals surface area contributed by atoms with Gasteiger partial charge in [-0.15, -0.1) is 0 Å². The molecule has 0 fully saturated rings. The van der Waals surface area contributed by atoms with Gasteiger partial charge in [0.05, 0.1) is 29.7 Å². The molecule has 8 heteroatoms. The lowest BCUT2D eigenvalue weighted by molar-refractivity contribution is 0.0983. The van der Waals surface area contributed by atoms with Gasteiger partial charge in [-0.2, -0.15) is 5.26 Å². The van der Waals surface area contributed by atoms with E-state index in [1.165, 1.54) is 25.4 Å². The summed E-state index contributed by atoms with van der Waals surface area (Å²) >= 11 is 0. The molecule has 0 saturated heterocycles. The van der Waals surface area contributed by atoms with E-state index in [-0.39, 0.29) is 24.1 Å². The van der Waals surface area contributed by atoms with E-state index in [9.17, 15) is 14.4 Å². The molecular weight excluding hydrogens is 385 g/mol. The Kier molecular flexibility index (Phi) is 4.80. The third kappa shape index (κ3) is 3.20. The monoisotopic (exact) mass is 403 g/mol. The van der Waals surface area contributed by atoms with Crippen LogP contribution in [0.1, 0.15) is 27.3 Å². The summed E-state index contributed by atoms with van der Waals surface area (Å²) in [6.07, 6.45) is 1.40. The van der Waals surface area contributed by atoms with Gasteiger partial charge in [0.1, 0.15) is 24.2 Å². The summed E-state index contributed by atoms with van der Waals surface area (Å²) in [4.78, 5) is 25.2. The van der Waals surface area contributed by atoms with Crippen LogP contribution in [0.3, 0.4) is 0 Å². The Bertz CT molecular complexity index is 1200. The van der Waals surface area contributed by atoms with Crippen LogP contribution in [-0.4, -0.2) is 29.7 Å². The fraction of sp³-hybridized carbons (Fsp3) is 0.182. The molecule has 150 valence electrons. The van der Waals surface area contributed by atoms with Crippen LogP contribution in [0.15, 0.2) is 42.6 Å². The maximum Gasteiger partial charge on any atom is 0.263 e. The van der Waals surface area contributed by atoms with Crippen molar-refractivity contribution in [3.63, 3.8) is 0 Å². The molecule has 1 aliphatic rings. The second-order valence-electron chi connectivity index (χ2n) is 6.89. The second-order valence-corrected chi connectivity index (χ2v) is 6.89. The van der Waals surface area contributed by atoms with Crippen LogP contribution in [0.5, 0.6) is 5.88 Å². The molecule has 2 aromatic heterocycles. The number of methoxy groups -OCH3 is 1. The summed E-state index contributed by atoms with van der Waals surface area (Å²) in [5.74, 6) is -0.148. The summed E-state index contributed by atoms with van der Waals surface area (Å²) < 4.78 is 18.9. The van der Waals surface area contributed by atoms with E-state index in [2.05, 4.69) is 9.97 Å². The van der Waals surface area contributed by atoms with E-state index in [1.54, 1.807) is 43.0 Å². The van der Waals surface area contributed by atoms with Crippen molar-refractivity contribution in [2.75, 3.05) is 23.6 Å². The molecule has 3 heterocycles. The van der Waals surface area contributed by atoms with Gasteiger partial charge < -0.3 is 9.64 Å². The Morgan fingerprint density at radius 1 is 1.10 bits per heavy atom. The molecule has 0 bridgehead atoms. The van der Waals surface area contributed by atoms with E-state index in [0.29, 0.717) is 34.1 Å². The van der Waals surface area contributed by atoms with Gasteiger partial charge in [0, 0.05) is 18.0 Å². The van der Waals surface area contributed by atoms with Gasteiger partial charge in [0.2, 0.25) is 5.88 Å². The molecular formula is C22H18FN5O2. The Labute approximate surface area is 173 Å². The number of amides is 1. The number of hydrogen-bond donors (Lipinski definition) is 0. The Balaban J connectivity index is 1.89. The first-order valence-corrected chi connectivity index (χ1v) is 9.20. The van der Waals surface area contributed by atoms with Crippen LogP contribution >= 0.6 is 0 Å². The fourth-order valence-corrected chi connectivity index (χ4v) is 3.56. The summed E-state index contributed by atoms with van der Waals surface area (Å²) in [6, 6.07) is 11.5. The van der Waals surface area contributed by atoms with Crippen molar-refractivity contribution >= 4 is 23.0 Å². The van der Waals surface area contributed by atoms with E-state index < -0.39 is 0 Å². The normalized spacial score (nSPS) is 13.1. The van der Waals surface area contributed by atoms with Gasteiger partial charge in [-0.25, -0.2) is 14.4 Å². The molecule has 30 heavy (non-hydrogen) atoms. The highest BCUT2D eigenvalue weighted by atomic mass is 19.1. The molecule has 0 unspecified atom stereocenters. The van der Waals surface area contributed by atoms with Crippen LogP contribution in [0.2, 0.25) is 0 Å². The van der Waals surface area contributed by atoms with Gasteiger partial charge in [-0.1, -0.05) is 0 Å². The number of nitriles is 1. The third-order valence-electron chi connectivity index (χ3n) is 5.03. The largest absolute Gasteiger partial charge is 0.481 e. The fourth-order valence-electron chi connectivity index (χ4n) is 3.56. The van der Waals surface area contributed by atoms with Crippen LogP contribution in [0.4, 0.5) is 21.5 Å². The molecule has 0 radical (unpaired) electrons. The standard InChI is InChI=1S/C22H18FN5O2/c1-13-8-15(23)4-5-18(13)27-12-28(19-6-7-21(30-3)26-14(19)2)22(29)17-11-25-16(10-24)9-20(17)27/h4-9,11H,12H2,1-3H3. The van der Waals surface area contributed by atoms with E-state index in [1.807, 2.05) is 11.0 Å². The lowest BCUT2D eigenvalue weighted by Crippen LogP contribution is -2.45. The zero-order valence-electron chi connectivity index (χ0n) is 16.7. The van der Waals surface area contributed by atoms with Gasteiger partial charge in [-0.3, -0.25) is 9.69 Å². The van der Waals surface area contributed by atoms with Crippen LogP contribution in [-0.2, 0) is 0 Å². The van der Waals surface area contributed by atoms with Crippen molar-refractivity contribution in [2.45, 2.75) is 13.8 Å². The number of halogens is 1. The smallest absolute Gasteiger partial charge is 0.263 e. The van der Waals surface area contributed by atoms with Gasteiger partial charge in [0.15, 0.2) is 0 Å². The topological polar surface area (TPSA) is 82.4 Å². The molecule has 3 aromatic rings. The number of benzene rings is 1. The number of carbonyl (C=O) groups is 1. The predicted molar refractivity (Wildman–Crippen MR) is 109 cm³/mol. The van der Waals surface area contributed by atoms with Gasteiger partial charge >= 0.3 is 0 Å². The third-order valence-corrected chi connectivity index (χ3v) is 5.03. The number of pyridine rings is 2. The zero-order chi connectivity index (χ0) is 21.4. The molecule has 0 aliphatic carbocycles. The Morgan fingerprint density at radius 2 is 1.87 bits per heavy atom. The van der Waals surface area contributed by atoms with Crippen molar-refractivity contribution in [2.24, 2.45) is 0 Å². The molecule has 1 aromatic carbocycles. The Morgan fingerprint density at radius 3 is 2.53 bits per heavy atom. The van der Waals surface area contributed by atoms with Gasteiger partial charge in [0.25, 0.3) is 5.91 Å². The van der Waals surface area contributed by atoms with E-state index in [4.69, 9.17) is 4.74 Å². The van der Waals surface area contributed by atoms with E-state index >= 15 is 0 Å². The summed E-state index contributed by atoms with van der Waals surface area (Å²) in [5.41, 5.74) is 3.78. The molecule has 0 atom stereocenters. The van der Waals surface area contributed by atoms with E-state index in [0.717, 1.165) is 5.69 Å². The predicted octanol–water partition coefficient (Wildman–Crippen LogP) is 3.87. The van der Waals surface area contributed by atoms with Crippen molar-refractivity contribution in [3.05, 3.63) is 70.9 Å². The number of ether oxygens (including phenoxy) is 1. The first-order valence-electron chi connectivity index (χ1n) is 9.20. The number of carbonyl (C=O) groups excluding carboxylic acids is 1. The SMILES string of the molecule is COc1ccc(N2CN(c3ccc(F)cc3C)c3cc(C#N)ncc3C2=O)c(C)n1. The quantitative estimate of drug-likeness (QED) is 0.660. The number of fused-ring (bicyclic) bond motifs is 1. The van der Waals surface area contributed by atoms with Crippen molar-refractivity contribution < 1.29 is 13.9 Å². The molecule has 7 nitrogen and oxygen atoms in total. The van der Waals surface area contributed by atoms with Crippen molar-refractivity contribution in [1.29, 1.82) is 5.26 Å². The summed E-state index contributed by atoms with van der Waals surface area (Å²) in [6.45, 7) is 3.76. The maximum atomic E-state index is 13.7. The number of hydrogen-bond acceptors (Lipinski definition) is 6. The minimum Gasteiger partial charge on any atom is -0.481 e. The highest BCUT2D eigenvalue weighted by Crippen LogP contribution is 2.38. The molecule has 0 N–H and O–H groups in total. The first kappa shape index (κ1) is 19.3. The number of aromatic nitrogens is 2. The number of rotatable bonds is 3. The average Bonchev–Trinajstić information content (AvgIpc) is 2.74. The lowest BCUT2D eigenvalue weighted by atomic mass is 10.1. The summed E-state index contributed by atoms with van der Waals surface area (Å²) in [7, 11) is 1.53. The minimum absolute atomic E-state index is 0.169. The number of nitrogens with zero attached hydrogens (tertiary/aromatic N) is 5. The number of aryl methyl sites for hydroxylation is 2. The molecule has 0 spiro atoms. The lowest BCUT2D eigenvalue weighted by Gasteiger charge is -2.38. The second kappa shape index (κ2) is 7.44. The zero-order valence-corrected chi connectivity index (χ0v) is 16.7. The Hall–Kier alpha value is -3.99. The number of anilines is 3. The molecule has 4 rings (SSSR count). The highest BCUT2D eigenvalue weighted by Gasteiger charge is 2.33. The summed E-state index contributed by atoms with van der Waals surface area (Å²) in [5, 5.41) is 9.27. The van der Waals surface area contributed by atoms with Crippen LogP contribution in [0.25, 0.3) is 0 Å². The van der Waals surface area contributed by atoms with Gasteiger partial charge in [-0.05, 0) is 49.7 Å². The molecule has 1 aliphatic heterocycles. The minimum atomic E-state index is -0.343. The van der Waals surface area contributed by atoms with Crippen molar-refractivity contribution in [1.82, 2.24) is 9.97 Å².